The SMILES string of the molecule is CCNc1nc(N(C)CC2CCOCC2)c(F)cc1F. The second kappa shape index (κ2) is 6.83. The number of anilines is 2. The second-order valence-electron chi connectivity index (χ2n) is 5.09. The molecule has 1 fully saturated rings. The first-order valence-electron chi connectivity index (χ1n) is 7.00. The van der Waals surface area contributed by atoms with Crippen molar-refractivity contribution in [1.82, 2.24) is 4.98 Å². The van der Waals surface area contributed by atoms with Crippen LogP contribution in [0.1, 0.15) is 19.8 Å². The second-order valence-corrected chi connectivity index (χ2v) is 5.09. The van der Waals surface area contributed by atoms with Gasteiger partial charge in [0.15, 0.2) is 23.3 Å². The highest BCUT2D eigenvalue weighted by molar-refractivity contribution is 5.48. The molecule has 4 nitrogen and oxygen atoms in total. The average molecular weight is 285 g/mol. The Kier molecular flexibility index (Phi) is 5.11. The Morgan fingerprint density at radius 2 is 2.05 bits per heavy atom. The highest BCUT2D eigenvalue weighted by Crippen LogP contribution is 2.24. The summed E-state index contributed by atoms with van der Waals surface area (Å²) in [6.45, 7) is 4.58. The summed E-state index contributed by atoms with van der Waals surface area (Å²) in [4.78, 5) is 5.82. The summed E-state index contributed by atoms with van der Waals surface area (Å²) in [5.74, 6) is -0.537. The van der Waals surface area contributed by atoms with Gasteiger partial charge in [-0.1, -0.05) is 0 Å². The molecule has 20 heavy (non-hydrogen) atoms. The first kappa shape index (κ1) is 15.0. The van der Waals surface area contributed by atoms with Gasteiger partial charge >= 0.3 is 0 Å². The van der Waals surface area contributed by atoms with Gasteiger partial charge in [-0.25, -0.2) is 13.8 Å². The summed E-state index contributed by atoms with van der Waals surface area (Å²) < 4.78 is 32.7. The highest BCUT2D eigenvalue weighted by atomic mass is 19.1. The van der Waals surface area contributed by atoms with Crippen molar-refractivity contribution < 1.29 is 13.5 Å². The maximum absolute atomic E-state index is 13.9. The Bertz CT molecular complexity index is 450. The Morgan fingerprint density at radius 1 is 1.35 bits per heavy atom. The molecule has 0 aliphatic carbocycles. The van der Waals surface area contributed by atoms with Crippen LogP contribution in [0, 0.1) is 17.6 Å². The largest absolute Gasteiger partial charge is 0.381 e. The van der Waals surface area contributed by atoms with E-state index >= 15 is 0 Å². The zero-order chi connectivity index (χ0) is 14.5. The Balaban J connectivity index is 2.11. The third-order valence-corrected chi connectivity index (χ3v) is 3.49. The van der Waals surface area contributed by atoms with E-state index in [1.54, 1.807) is 11.9 Å². The number of hydrogen-bond donors (Lipinski definition) is 1. The summed E-state index contributed by atoms with van der Waals surface area (Å²) in [5, 5.41) is 2.80. The van der Waals surface area contributed by atoms with Crippen LogP contribution in [0.2, 0.25) is 0 Å². The van der Waals surface area contributed by atoms with Crippen molar-refractivity contribution >= 4 is 11.6 Å². The van der Waals surface area contributed by atoms with Gasteiger partial charge in [-0.2, -0.15) is 0 Å². The average Bonchev–Trinajstić information content (AvgIpc) is 2.43. The lowest BCUT2D eigenvalue weighted by molar-refractivity contribution is 0.0684. The molecular weight excluding hydrogens is 264 g/mol. The van der Waals surface area contributed by atoms with Gasteiger partial charge in [-0.05, 0) is 25.7 Å². The van der Waals surface area contributed by atoms with Gasteiger partial charge < -0.3 is 15.0 Å². The molecular formula is C14H21F2N3O. The molecule has 2 heterocycles. The van der Waals surface area contributed by atoms with Crippen LogP contribution in [0.15, 0.2) is 6.07 Å². The zero-order valence-corrected chi connectivity index (χ0v) is 12.0. The van der Waals surface area contributed by atoms with Crippen LogP contribution in [-0.4, -0.2) is 38.3 Å². The van der Waals surface area contributed by atoms with E-state index in [0.29, 0.717) is 19.0 Å². The molecule has 1 saturated heterocycles. The molecule has 0 aromatic carbocycles. The van der Waals surface area contributed by atoms with Crippen LogP contribution in [-0.2, 0) is 4.74 Å². The third kappa shape index (κ3) is 3.56. The molecule has 0 amide bonds. The van der Waals surface area contributed by atoms with Crippen molar-refractivity contribution in [3.8, 4) is 0 Å². The predicted octanol–water partition coefficient (Wildman–Crippen LogP) is 2.65. The highest BCUT2D eigenvalue weighted by Gasteiger charge is 2.20. The number of nitrogens with zero attached hydrogens (tertiary/aromatic N) is 2. The van der Waals surface area contributed by atoms with Crippen LogP contribution in [0.4, 0.5) is 20.4 Å². The molecule has 0 saturated carbocycles. The quantitative estimate of drug-likeness (QED) is 0.902. The molecule has 1 N–H and O–H groups in total. The van der Waals surface area contributed by atoms with Crippen LogP contribution >= 0.6 is 0 Å². The molecule has 0 radical (unpaired) electrons. The lowest BCUT2D eigenvalue weighted by Crippen LogP contribution is -2.30. The van der Waals surface area contributed by atoms with Crippen molar-refractivity contribution in [2.75, 3.05) is 43.6 Å². The minimum Gasteiger partial charge on any atom is -0.381 e. The van der Waals surface area contributed by atoms with Crippen LogP contribution in [0.25, 0.3) is 0 Å². The number of halogens is 2. The smallest absolute Gasteiger partial charge is 0.168 e. The first-order valence-corrected chi connectivity index (χ1v) is 7.00. The van der Waals surface area contributed by atoms with Gasteiger partial charge in [-0.15, -0.1) is 0 Å². The molecule has 2 rings (SSSR count). The first-order chi connectivity index (χ1) is 9.61. The molecule has 6 heteroatoms. The predicted molar refractivity (Wildman–Crippen MR) is 75.1 cm³/mol. The summed E-state index contributed by atoms with van der Waals surface area (Å²) in [6, 6.07) is 0.890. The molecule has 112 valence electrons. The monoisotopic (exact) mass is 285 g/mol. The molecule has 1 aromatic rings. The summed E-state index contributed by atoms with van der Waals surface area (Å²) >= 11 is 0. The minimum absolute atomic E-state index is 0.0997. The van der Waals surface area contributed by atoms with Crippen LogP contribution in [0.5, 0.6) is 0 Å². The molecule has 0 bridgehead atoms. The van der Waals surface area contributed by atoms with E-state index in [0.717, 1.165) is 32.1 Å². The van der Waals surface area contributed by atoms with E-state index in [9.17, 15) is 8.78 Å². The van der Waals surface area contributed by atoms with Gasteiger partial charge in [0.2, 0.25) is 0 Å². The lowest BCUT2D eigenvalue weighted by Gasteiger charge is -2.28. The number of nitrogens with one attached hydrogen (secondary N) is 1. The van der Waals surface area contributed by atoms with E-state index in [1.165, 1.54) is 0 Å². The fourth-order valence-electron chi connectivity index (χ4n) is 2.42. The molecule has 1 aromatic heterocycles. The molecule has 1 aliphatic rings. The van der Waals surface area contributed by atoms with Crippen LogP contribution < -0.4 is 10.2 Å². The fraction of sp³-hybridized carbons (Fsp3) is 0.643. The molecule has 0 unspecified atom stereocenters. The maximum Gasteiger partial charge on any atom is 0.168 e. The van der Waals surface area contributed by atoms with Gasteiger partial charge in [0.25, 0.3) is 0 Å². The van der Waals surface area contributed by atoms with Gasteiger partial charge in [-0.3, -0.25) is 0 Å². The van der Waals surface area contributed by atoms with Gasteiger partial charge in [0.05, 0.1) is 0 Å². The normalized spacial score (nSPS) is 16.2. The standard InChI is InChI=1S/C14H21F2N3O/c1-3-17-13-11(15)8-12(16)14(18-13)19(2)9-10-4-6-20-7-5-10/h8,10H,3-7,9H2,1-2H3,(H,17,18). The van der Waals surface area contributed by atoms with E-state index < -0.39 is 11.6 Å². The van der Waals surface area contributed by atoms with E-state index in [4.69, 9.17) is 4.74 Å². The third-order valence-electron chi connectivity index (χ3n) is 3.49. The maximum atomic E-state index is 13.9. The van der Waals surface area contributed by atoms with E-state index in [2.05, 4.69) is 10.3 Å². The number of rotatable bonds is 5. The number of aromatic nitrogens is 1. The number of pyridine rings is 1. The van der Waals surface area contributed by atoms with Crippen molar-refractivity contribution in [3.63, 3.8) is 0 Å². The summed E-state index contributed by atoms with van der Waals surface area (Å²) in [5.41, 5.74) is 0. The topological polar surface area (TPSA) is 37.4 Å². The van der Waals surface area contributed by atoms with Crippen LogP contribution in [0.3, 0.4) is 0 Å². The van der Waals surface area contributed by atoms with Gasteiger partial charge in [0, 0.05) is 39.4 Å². The Hall–Kier alpha value is -1.43. The summed E-state index contributed by atoms with van der Waals surface area (Å²) in [7, 11) is 1.79. The summed E-state index contributed by atoms with van der Waals surface area (Å²) in [6.07, 6.45) is 1.93. The fourth-order valence-corrected chi connectivity index (χ4v) is 2.42. The van der Waals surface area contributed by atoms with Gasteiger partial charge in [0.1, 0.15) is 0 Å². The van der Waals surface area contributed by atoms with E-state index in [1.807, 2.05) is 6.92 Å². The molecule has 0 atom stereocenters. The lowest BCUT2D eigenvalue weighted by atomic mass is 10.00. The zero-order valence-electron chi connectivity index (χ0n) is 12.0. The number of hydrogen-bond acceptors (Lipinski definition) is 4. The Morgan fingerprint density at radius 3 is 2.70 bits per heavy atom. The molecule has 0 spiro atoms. The number of ether oxygens (including phenoxy) is 1. The Labute approximate surface area is 118 Å². The van der Waals surface area contributed by atoms with Crippen molar-refractivity contribution in [3.05, 3.63) is 17.7 Å². The molecule has 1 aliphatic heterocycles. The van der Waals surface area contributed by atoms with Crippen molar-refractivity contribution in [1.29, 1.82) is 0 Å². The van der Waals surface area contributed by atoms with Crippen molar-refractivity contribution in [2.45, 2.75) is 19.8 Å². The van der Waals surface area contributed by atoms with E-state index in [-0.39, 0.29) is 11.6 Å². The van der Waals surface area contributed by atoms with Crippen molar-refractivity contribution in [2.24, 2.45) is 5.92 Å². The minimum atomic E-state index is -0.660.